The van der Waals surface area contributed by atoms with Gasteiger partial charge in [0.25, 0.3) is 5.91 Å². The Morgan fingerprint density at radius 1 is 1.03 bits per heavy atom. The molecule has 6 atom stereocenters. The molecule has 4 aromatic rings. The van der Waals surface area contributed by atoms with Crippen LogP contribution in [0.1, 0.15) is 102 Å². The maximum atomic E-state index is 15.1. The molecule has 5 heterocycles. The van der Waals surface area contributed by atoms with Crippen LogP contribution in [0.15, 0.2) is 54.7 Å². The average Bonchev–Trinajstić information content (AvgIpc) is 4.31. The van der Waals surface area contributed by atoms with Crippen LogP contribution in [0.4, 0.5) is 0 Å². The number of cyclic esters (lactones) is 1. The number of hydrazine groups is 1. The zero-order chi connectivity index (χ0) is 53.7. The van der Waals surface area contributed by atoms with Gasteiger partial charge in [0, 0.05) is 81.3 Å². The number of pyridine rings is 1. The third-order valence-corrected chi connectivity index (χ3v) is 16.1. The molecule has 2 saturated carbocycles. The largest absolute Gasteiger partial charge is 0.524 e. The summed E-state index contributed by atoms with van der Waals surface area (Å²) >= 11 is 0. The standard InChI is InChI=1S/C54H71N8O12P/c1-8-61-42-19-18-35-27-39(42)40(48(61)38-15-11-21-55-44(38)31(2)72-7)28-53(3,4)30-73-52(67)54(68)20-12-22-62(58-54)50(65)41(25-32-23-36(35)26-37(24-32)74-75(69,70)71)56-49(64)47(34-13-9-10-14-34)60(6)43(63)29-59(5)51(66)46-45(57-46)33-16-17-33/h11,15,18-19,21,23-24,26-27,31,33-34,41,45-47,57-58,68H,8-10,12-14,16-17,20,22,25,28-30H2,1-7H3,(H,56,64)(H2,69,70,71)/t31-,41-,45+,46+,47-,54-/m0/s1. The summed E-state index contributed by atoms with van der Waals surface area (Å²) in [7, 11) is -0.419. The molecular formula is C54H71N8O12P. The molecule has 0 spiro atoms. The van der Waals surface area contributed by atoms with E-state index in [-0.39, 0.29) is 74.7 Å². The number of aromatic nitrogens is 2. The van der Waals surface area contributed by atoms with E-state index in [0.717, 1.165) is 64.1 Å². The molecule has 9 rings (SSSR count). The summed E-state index contributed by atoms with van der Waals surface area (Å²) < 4.78 is 31.8. The zero-order valence-electron chi connectivity index (χ0n) is 43.8. The van der Waals surface area contributed by atoms with Crippen molar-refractivity contribution in [2.45, 2.75) is 134 Å². The Labute approximate surface area is 437 Å². The lowest BCUT2D eigenvalue weighted by atomic mass is 9.84. The topological polar surface area (TPSA) is 264 Å². The second-order valence-electron chi connectivity index (χ2n) is 22.0. The Bertz CT molecular complexity index is 2910. The Kier molecular flexibility index (Phi) is 15.4. The van der Waals surface area contributed by atoms with E-state index in [4.69, 9.17) is 19.0 Å². The number of likely N-dealkylation sites (N-methyl/N-ethyl adjacent to an activating group) is 2. The second-order valence-corrected chi connectivity index (χ2v) is 23.2. The van der Waals surface area contributed by atoms with Crippen LogP contribution < -0.4 is 20.6 Å². The van der Waals surface area contributed by atoms with Crippen molar-refractivity contribution in [2.24, 2.45) is 17.3 Å². The second kappa shape index (κ2) is 21.4. The highest BCUT2D eigenvalue weighted by atomic mass is 31.2. The van der Waals surface area contributed by atoms with Crippen LogP contribution >= 0.6 is 7.82 Å². The van der Waals surface area contributed by atoms with Gasteiger partial charge in [-0.3, -0.25) is 44.3 Å². The van der Waals surface area contributed by atoms with Crippen LogP contribution in [0.3, 0.4) is 0 Å². The number of rotatable bonds is 14. The molecule has 404 valence electrons. The van der Waals surface area contributed by atoms with Gasteiger partial charge in [0.1, 0.15) is 23.9 Å². The molecule has 6 N–H and O–H groups in total. The number of phosphoric ester groups is 1. The molecule has 21 heteroatoms. The summed E-state index contributed by atoms with van der Waals surface area (Å²) in [6.07, 6.45) is 6.58. The number of hydrogen-bond donors (Lipinski definition) is 6. The van der Waals surface area contributed by atoms with E-state index in [1.54, 1.807) is 26.4 Å². The highest BCUT2D eigenvalue weighted by molar-refractivity contribution is 7.46. The quantitative estimate of drug-likeness (QED) is 0.0565. The normalized spacial score (nSPS) is 24.0. The molecule has 20 nitrogen and oxygen atoms in total. The number of carbonyl (C=O) groups is 5. The Morgan fingerprint density at radius 2 is 1.77 bits per heavy atom. The monoisotopic (exact) mass is 1050 g/mol. The molecule has 6 bridgehead atoms. The third-order valence-electron chi connectivity index (χ3n) is 15.7. The molecule has 4 fully saturated rings. The fourth-order valence-corrected chi connectivity index (χ4v) is 11.9. The molecule has 5 aliphatic rings. The molecule has 2 aromatic heterocycles. The van der Waals surface area contributed by atoms with Crippen molar-refractivity contribution in [3.05, 3.63) is 71.5 Å². The average molecular weight is 1060 g/mol. The van der Waals surface area contributed by atoms with Gasteiger partial charge < -0.3 is 38.8 Å². The molecule has 2 aliphatic carbocycles. The molecule has 0 radical (unpaired) electrons. The number of aryl methyl sites for hydroxylation is 1. The smallest absolute Gasteiger partial charge is 0.462 e. The minimum absolute atomic E-state index is 0.0269. The van der Waals surface area contributed by atoms with Crippen molar-refractivity contribution in [1.29, 1.82) is 0 Å². The van der Waals surface area contributed by atoms with Gasteiger partial charge in [-0.25, -0.2) is 9.36 Å². The van der Waals surface area contributed by atoms with Crippen molar-refractivity contribution in [1.82, 2.24) is 40.4 Å². The van der Waals surface area contributed by atoms with Gasteiger partial charge in [-0.15, -0.1) is 0 Å². The highest BCUT2D eigenvalue weighted by Gasteiger charge is 2.52. The lowest BCUT2D eigenvalue weighted by Crippen LogP contribution is -2.67. The molecule has 0 unspecified atom stereocenters. The lowest BCUT2D eigenvalue weighted by Gasteiger charge is -2.40. The van der Waals surface area contributed by atoms with Crippen molar-refractivity contribution in [3.8, 4) is 28.1 Å². The summed E-state index contributed by atoms with van der Waals surface area (Å²) in [4.78, 5) is 99.5. The maximum Gasteiger partial charge on any atom is 0.524 e. The number of phosphoric acid groups is 1. The van der Waals surface area contributed by atoms with E-state index >= 15 is 4.79 Å². The van der Waals surface area contributed by atoms with Crippen molar-refractivity contribution >= 4 is 48.3 Å². The van der Waals surface area contributed by atoms with Gasteiger partial charge in [0.05, 0.1) is 30.6 Å². The summed E-state index contributed by atoms with van der Waals surface area (Å²) in [6.45, 7) is 8.07. The first kappa shape index (κ1) is 54.1. The number of aliphatic hydroxyl groups is 1. The van der Waals surface area contributed by atoms with Gasteiger partial charge in [-0.1, -0.05) is 38.8 Å². The minimum atomic E-state index is -5.14. The fraction of sp³-hybridized carbons (Fsp3) is 0.556. The molecular weight excluding hydrogens is 984 g/mol. The summed E-state index contributed by atoms with van der Waals surface area (Å²) in [5, 5.41) is 20.2. The van der Waals surface area contributed by atoms with Gasteiger partial charge in [-0.05, 0) is 123 Å². The molecule has 4 amide bonds. The number of nitrogens with one attached hydrogen (secondary N) is 3. The van der Waals surface area contributed by atoms with E-state index in [0.29, 0.717) is 48.4 Å². The Balaban J connectivity index is 1.14. The molecule has 3 aliphatic heterocycles. The molecule has 2 saturated heterocycles. The summed E-state index contributed by atoms with van der Waals surface area (Å²) in [5.41, 5.74) is 5.34. The summed E-state index contributed by atoms with van der Waals surface area (Å²) in [5.74, 6) is -3.01. The first-order chi connectivity index (χ1) is 35.6. The number of benzene rings is 2. The van der Waals surface area contributed by atoms with E-state index < -0.39 is 54.7 Å². The zero-order valence-corrected chi connectivity index (χ0v) is 44.7. The van der Waals surface area contributed by atoms with Gasteiger partial charge in [-0.2, -0.15) is 5.43 Å². The van der Waals surface area contributed by atoms with E-state index in [2.05, 4.69) is 20.6 Å². The minimum Gasteiger partial charge on any atom is -0.462 e. The number of esters is 1. The molecule has 75 heavy (non-hydrogen) atoms. The van der Waals surface area contributed by atoms with E-state index in [1.165, 1.54) is 29.0 Å². The Hall–Kier alpha value is -5.73. The number of methoxy groups -OCH3 is 1. The number of nitrogens with zero attached hydrogens (tertiary/aromatic N) is 5. The number of ether oxygens (including phenoxy) is 2. The van der Waals surface area contributed by atoms with E-state index in [9.17, 15) is 38.6 Å². The molecule has 2 aromatic carbocycles. The Morgan fingerprint density at radius 3 is 2.47 bits per heavy atom. The van der Waals surface area contributed by atoms with E-state index in [1.807, 2.05) is 58.0 Å². The first-order valence-corrected chi connectivity index (χ1v) is 27.7. The fourth-order valence-electron chi connectivity index (χ4n) is 11.5. The highest BCUT2D eigenvalue weighted by Crippen LogP contribution is 2.44. The van der Waals surface area contributed by atoms with Gasteiger partial charge in [0.2, 0.25) is 23.4 Å². The van der Waals surface area contributed by atoms with Crippen LogP contribution in [0.5, 0.6) is 5.75 Å². The number of hydrogen-bond acceptors (Lipinski definition) is 13. The summed E-state index contributed by atoms with van der Waals surface area (Å²) in [6, 6.07) is 11.7. The van der Waals surface area contributed by atoms with Crippen LogP contribution in [-0.4, -0.2) is 140 Å². The van der Waals surface area contributed by atoms with Crippen molar-refractivity contribution < 1.29 is 57.4 Å². The van der Waals surface area contributed by atoms with Crippen molar-refractivity contribution in [3.63, 3.8) is 0 Å². The van der Waals surface area contributed by atoms with Gasteiger partial charge >= 0.3 is 13.8 Å². The van der Waals surface area contributed by atoms with Crippen molar-refractivity contribution in [2.75, 3.05) is 40.9 Å². The lowest BCUT2D eigenvalue weighted by molar-refractivity contribution is -0.189. The first-order valence-electron chi connectivity index (χ1n) is 26.2. The van der Waals surface area contributed by atoms with Crippen LogP contribution in [0.25, 0.3) is 33.3 Å². The van der Waals surface area contributed by atoms with Crippen LogP contribution in [-0.2, 0) is 57.4 Å². The number of fused-ring (bicyclic) bond motifs is 6. The number of carbonyl (C=O) groups excluding carboxylic acids is 5. The van der Waals surface area contributed by atoms with Gasteiger partial charge in [0.15, 0.2) is 0 Å². The third kappa shape index (κ3) is 11.7. The SMILES string of the molecule is CCn1c(-c2cccnc2[C@H](C)OC)c2c3cc(ccc31)-c1cc(cc(OP(=O)(O)O)c1)C[C@H](NC(=O)[C@H](C1CCCC1)N(C)C(=O)CN(C)C(=O)[C@@H]1N[C@@H]1C1CC1)C(=O)N1CCC[C@@](O)(N1)C(=O)OCC(C)(C)C2. The number of amides is 4. The van der Waals surface area contributed by atoms with Crippen LogP contribution in [0.2, 0.25) is 0 Å². The maximum absolute atomic E-state index is 15.1. The predicted octanol–water partition coefficient (Wildman–Crippen LogP) is 4.76. The van der Waals surface area contributed by atoms with Crippen LogP contribution in [0, 0.1) is 17.3 Å². The predicted molar refractivity (Wildman–Crippen MR) is 277 cm³/mol.